The van der Waals surface area contributed by atoms with Crippen molar-refractivity contribution in [1.82, 2.24) is 5.32 Å². The van der Waals surface area contributed by atoms with E-state index in [4.69, 9.17) is 0 Å². The molecule has 2 aliphatic rings. The fourth-order valence-electron chi connectivity index (χ4n) is 3.24. The Balaban J connectivity index is 1.87. The zero-order valence-electron chi connectivity index (χ0n) is 8.89. The molecule has 76 valence electrons. The largest absolute Gasteiger partial charge is 0.319 e. The van der Waals surface area contributed by atoms with E-state index in [1.54, 1.807) is 0 Å². The SMILES string of the molecule is CNCC1CCCCC1C1CCC1. The minimum absolute atomic E-state index is 1.00. The maximum Gasteiger partial charge on any atom is -0.00208 e. The summed E-state index contributed by atoms with van der Waals surface area (Å²) in [4.78, 5) is 0. The third-order valence-electron chi connectivity index (χ3n) is 4.19. The predicted molar refractivity (Wildman–Crippen MR) is 56.7 cm³/mol. The first-order valence-electron chi connectivity index (χ1n) is 6.06. The van der Waals surface area contributed by atoms with Crippen LogP contribution in [0.25, 0.3) is 0 Å². The summed E-state index contributed by atoms with van der Waals surface area (Å²) in [5, 5.41) is 3.37. The van der Waals surface area contributed by atoms with Crippen LogP contribution in [0.2, 0.25) is 0 Å². The maximum atomic E-state index is 3.37. The van der Waals surface area contributed by atoms with Crippen LogP contribution in [0, 0.1) is 17.8 Å². The lowest BCUT2D eigenvalue weighted by atomic mass is 9.65. The highest BCUT2D eigenvalue weighted by Crippen LogP contribution is 2.43. The highest BCUT2D eigenvalue weighted by molar-refractivity contribution is 4.85. The van der Waals surface area contributed by atoms with E-state index >= 15 is 0 Å². The van der Waals surface area contributed by atoms with E-state index in [1.807, 2.05) is 0 Å². The molecular weight excluding hydrogens is 158 g/mol. The van der Waals surface area contributed by atoms with Crippen molar-refractivity contribution in [3.8, 4) is 0 Å². The zero-order chi connectivity index (χ0) is 9.10. The molecule has 0 aliphatic heterocycles. The van der Waals surface area contributed by atoms with Crippen LogP contribution in [0.3, 0.4) is 0 Å². The molecule has 2 saturated carbocycles. The highest BCUT2D eigenvalue weighted by Gasteiger charge is 2.34. The van der Waals surface area contributed by atoms with E-state index in [9.17, 15) is 0 Å². The molecule has 2 atom stereocenters. The summed E-state index contributed by atoms with van der Waals surface area (Å²) >= 11 is 0. The van der Waals surface area contributed by atoms with Crippen LogP contribution in [0.1, 0.15) is 44.9 Å². The second-order valence-electron chi connectivity index (χ2n) is 4.96. The van der Waals surface area contributed by atoms with E-state index in [1.165, 1.54) is 51.5 Å². The summed E-state index contributed by atoms with van der Waals surface area (Å²) in [5.41, 5.74) is 0. The summed E-state index contributed by atoms with van der Waals surface area (Å²) in [6.45, 7) is 1.27. The van der Waals surface area contributed by atoms with Gasteiger partial charge in [0, 0.05) is 0 Å². The first-order valence-corrected chi connectivity index (χ1v) is 6.06. The Morgan fingerprint density at radius 2 is 1.77 bits per heavy atom. The molecule has 0 spiro atoms. The van der Waals surface area contributed by atoms with E-state index in [-0.39, 0.29) is 0 Å². The molecule has 0 aromatic heterocycles. The lowest BCUT2D eigenvalue weighted by molar-refractivity contribution is 0.102. The summed E-state index contributed by atoms with van der Waals surface area (Å²) < 4.78 is 0. The van der Waals surface area contributed by atoms with Crippen molar-refractivity contribution in [2.45, 2.75) is 44.9 Å². The average Bonchev–Trinajstić information content (AvgIpc) is 2.05. The maximum absolute atomic E-state index is 3.37. The summed E-state index contributed by atoms with van der Waals surface area (Å²) in [6, 6.07) is 0. The number of nitrogens with one attached hydrogen (secondary N) is 1. The quantitative estimate of drug-likeness (QED) is 0.706. The Morgan fingerprint density at radius 3 is 2.38 bits per heavy atom. The first-order chi connectivity index (χ1) is 6.42. The summed E-state index contributed by atoms with van der Waals surface area (Å²) in [7, 11) is 2.10. The van der Waals surface area contributed by atoms with Crippen LogP contribution in [0.5, 0.6) is 0 Å². The molecule has 0 saturated heterocycles. The number of hydrogen-bond donors (Lipinski definition) is 1. The Labute approximate surface area is 82.3 Å². The Morgan fingerprint density at radius 1 is 1.00 bits per heavy atom. The molecule has 2 rings (SSSR count). The van der Waals surface area contributed by atoms with Gasteiger partial charge in [-0.05, 0) is 44.2 Å². The predicted octanol–water partition coefficient (Wildman–Crippen LogP) is 2.81. The minimum atomic E-state index is 1.00. The third kappa shape index (κ3) is 2.07. The lowest BCUT2D eigenvalue weighted by Crippen LogP contribution is -2.35. The van der Waals surface area contributed by atoms with Gasteiger partial charge in [0.15, 0.2) is 0 Å². The first kappa shape index (κ1) is 9.51. The molecule has 13 heavy (non-hydrogen) atoms. The highest BCUT2D eigenvalue weighted by atomic mass is 14.8. The normalized spacial score (nSPS) is 35.8. The molecule has 0 heterocycles. The van der Waals surface area contributed by atoms with Crippen molar-refractivity contribution < 1.29 is 0 Å². The van der Waals surface area contributed by atoms with Gasteiger partial charge < -0.3 is 5.32 Å². The van der Waals surface area contributed by atoms with Crippen molar-refractivity contribution >= 4 is 0 Å². The molecule has 0 radical (unpaired) electrons. The van der Waals surface area contributed by atoms with Gasteiger partial charge in [-0.1, -0.05) is 32.1 Å². The Hall–Kier alpha value is -0.0400. The minimum Gasteiger partial charge on any atom is -0.319 e. The molecule has 2 fully saturated rings. The van der Waals surface area contributed by atoms with Crippen molar-refractivity contribution in [2.24, 2.45) is 17.8 Å². The Bertz CT molecular complexity index is 149. The van der Waals surface area contributed by atoms with Crippen LogP contribution >= 0.6 is 0 Å². The van der Waals surface area contributed by atoms with E-state index in [0.29, 0.717) is 0 Å². The molecule has 1 N–H and O–H groups in total. The summed E-state index contributed by atoms with van der Waals surface area (Å²) in [5.74, 6) is 3.19. The third-order valence-corrected chi connectivity index (χ3v) is 4.19. The lowest BCUT2D eigenvalue weighted by Gasteiger charge is -2.41. The van der Waals surface area contributed by atoms with Crippen molar-refractivity contribution in [3.05, 3.63) is 0 Å². The van der Waals surface area contributed by atoms with Crippen LogP contribution in [-0.4, -0.2) is 13.6 Å². The van der Waals surface area contributed by atoms with Crippen LogP contribution in [0.15, 0.2) is 0 Å². The topological polar surface area (TPSA) is 12.0 Å². The van der Waals surface area contributed by atoms with Gasteiger partial charge in [-0.25, -0.2) is 0 Å². The van der Waals surface area contributed by atoms with Crippen molar-refractivity contribution in [3.63, 3.8) is 0 Å². The second kappa shape index (κ2) is 4.45. The van der Waals surface area contributed by atoms with Crippen molar-refractivity contribution in [1.29, 1.82) is 0 Å². The fraction of sp³-hybridized carbons (Fsp3) is 1.00. The van der Waals surface area contributed by atoms with Gasteiger partial charge in [0.1, 0.15) is 0 Å². The van der Waals surface area contributed by atoms with Gasteiger partial charge in [0.05, 0.1) is 0 Å². The zero-order valence-corrected chi connectivity index (χ0v) is 8.89. The molecule has 0 bridgehead atoms. The van der Waals surface area contributed by atoms with E-state index in [2.05, 4.69) is 12.4 Å². The van der Waals surface area contributed by atoms with E-state index < -0.39 is 0 Å². The molecule has 0 amide bonds. The average molecular weight is 181 g/mol. The monoisotopic (exact) mass is 181 g/mol. The van der Waals surface area contributed by atoms with Gasteiger partial charge >= 0.3 is 0 Å². The second-order valence-corrected chi connectivity index (χ2v) is 4.96. The molecule has 1 heteroatoms. The smallest absolute Gasteiger partial charge is 0.00208 e. The molecular formula is C12H23N. The van der Waals surface area contributed by atoms with Crippen LogP contribution in [-0.2, 0) is 0 Å². The number of hydrogen-bond acceptors (Lipinski definition) is 1. The van der Waals surface area contributed by atoms with E-state index in [0.717, 1.165) is 17.8 Å². The van der Waals surface area contributed by atoms with Crippen molar-refractivity contribution in [2.75, 3.05) is 13.6 Å². The molecule has 0 aromatic rings. The Kier molecular flexibility index (Phi) is 3.26. The van der Waals surface area contributed by atoms with Gasteiger partial charge in [-0.3, -0.25) is 0 Å². The van der Waals surface area contributed by atoms with Crippen LogP contribution in [0.4, 0.5) is 0 Å². The molecule has 2 aliphatic carbocycles. The molecule has 0 aromatic carbocycles. The number of rotatable bonds is 3. The molecule has 2 unspecified atom stereocenters. The molecule has 1 nitrogen and oxygen atoms in total. The van der Waals surface area contributed by atoms with Gasteiger partial charge in [0.25, 0.3) is 0 Å². The van der Waals surface area contributed by atoms with Gasteiger partial charge in [-0.2, -0.15) is 0 Å². The fourth-order valence-corrected chi connectivity index (χ4v) is 3.24. The van der Waals surface area contributed by atoms with Gasteiger partial charge in [-0.15, -0.1) is 0 Å². The van der Waals surface area contributed by atoms with Gasteiger partial charge in [0.2, 0.25) is 0 Å². The standard InChI is InChI=1S/C12H23N/c1-13-9-11-5-2-3-8-12(11)10-6-4-7-10/h10-13H,2-9H2,1H3. The summed E-state index contributed by atoms with van der Waals surface area (Å²) in [6.07, 6.45) is 10.6. The van der Waals surface area contributed by atoms with Crippen LogP contribution < -0.4 is 5.32 Å².